The van der Waals surface area contributed by atoms with Gasteiger partial charge in [0.05, 0.1) is 23.9 Å². The Morgan fingerprint density at radius 3 is 2.39 bits per heavy atom. The van der Waals surface area contributed by atoms with Crippen LogP contribution in [0, 0.1) is 11.6 Å². The van der Waals surface area contributed by atoms with Crippen molar-refractivity contribution in [3.8, 4) is 0 Å². The number of benzene rings is 2. The van der Waals surface area contributed by atoms with Crippen molar-refractivity contribution in [2.45, 2.75) is 0 Å². The van der Waals surface area contributed by atoms with Gasteiger partial charge in [-0.3, -0.25) is 4.79 Å². The minimum Gasteiger partial charge on any atom is -0.465 e. The molecule has 0 fully saturated rings. The molecule has 3 rings (SSSR count). The average molecular weight is 384 g/mol. The molecule has 2 N–H and O–H groups in total. The zero-order valence-electron chi connectivity index (χ0n) is 14.6. The summed E-state index contributed by atoms with van der Waals surface area (Å²) in [5, 5.41) is 5.29. The highest BCUT2D eigenvalue weighted by molar-refractivity contribution is 6.04. The standard InChI is InChI=1S/C19H14F2N4O3/c1-28-18(27)13-4-2-3-5-16(13)25-19-22-9-11(10-23-19)17(26)24-12-6-7-14(20)15(21)8-12/h2-10H,1H3,(H,24,26)(H,22,23,25). The summed E-state index contributed by atoms with van der Waals surface area (Å²) in [6.45, 7) is 0. The van der Waals surface area contributed by atoms with E-state index in [9.17, 15) is 18.4 Å². The zero-order chi connectivity index (χ0) is 20.1. The monoisotopic (exact) mass is 384 g/mol. The summed E-state index contributed by atoms with van der Waals surface area (Å²) in [6, 6.07) is 9.65. The van der Waals surface area contributed by atoms with Crippen LogP contribution in [0.25, 0.3) is 0 Å². The molecule has 0 spiro atoms. The molecule has 28 heavy (non-hydrogen) atoms. The molecule has 0 bridgehead atoms. The van der Waals surface area contributed by atoms with Crippen LogP contribution >= 0.6 is 0 Å². The van der Waals surface area contributed by atoms with Gasteiger partial charge in [0, 0.05) is 24.1 Å². The van der Waals surface area contributed by atoms with Crippen LogP contribution in [-0.4, -0.2) is 29.0 Å². The molecule has 0 unspecified atom stereocenters. The van der Waals surface area contributed by atoms with Crippen LogP contribution in [0.5, 0.6) is 0 Å². The van der Waals surface area contributed by atoms with E-state index in [1.165, 1.54) is 25.6 Å². The van der Waals surface area contributed by atoms with Crippen molar-refractivity contribution in [2.75, 3.05) is 17.7 Å². The molecule has 0 aliphatic carbocycles. The molecule has 0 saturated carbocycles. The van der Waals surface area contributed by atoms with Gasteiger partial charge in [0.2, 0.25) is 5.95 Å². The zero-order valence-corrected chi connectivity index (χ0v) is 14.6. The van der Waals surface area contributed by atoms with E-state index < -0.39 is 23.5 Å². The molecule has 0 aliphatic rings. The second-order valence-corrected chi connectivity index (χ2v) is 5.54. The Kier molecular flexibility index (Phi) is 5.54. The number of aromatic nitrogens is 2. The number of ether oxygens (including phenoxy) is 1. The highest BCUT2D eigenvalue weighted by atomic mass is 19.2. The number of carbonyl (C=O) groups excluding carboxylic acids is 2. The van der Waals surface area contributed by atoms with Crippen LogP contribution in [0.3, 0.4) is 0 Å². The number of carbonyl (C=O) groups is 2. The highest BCUT2D eigenvalue weighted by Crippen LogP contribution is 2.19. The van der Waals surface area contributed by atoms with E-state index >= 15 is 0 Å². The summed E-state index contributed by atoms with van der Waals surface area (Å²) in [5.41, 5.74) is 0.941. The number of hydrogen-bond donors (Lipinski definition) is 2. The fourth-order valence-corrected chi connectivity index (χ4v) is 2.29. The fraction of sp³-hybridized carbons (Fsp3) is 0.0526. The lowest BCUT2D eigenvalue weighted by Crippen LogP contribution is -2.13. The Bertz CT molecular complexity index is 1030. The minimum absolute atomic E-state index is 0.0955. The average Bonchev–Trinajstić information content (AvgIpc) is 2.71. The normalized spacial score (nSPS) is 10.2. The van der Waals surface area contributed by atoms with Gasteiger partial charge in [-0.15, -0.1) is 0 Å². The van der Waals surface area contributed by atoms with Crippen LogP contribution in [0.1, 0.15) is 20.7 Å². The smallest absolute Gasteiger partial charge is 0.339 e. The second kappa shape index (κ2) is 8.21. The largest absolute Gasteiger partial charge is 0.465 e. The van der Waals surface area contributed by atoms with E-state index in [0.29, 0.717) is 11.3 Å². The Labute approximate surface area is 158 Å². The molecule has 0 saturated heterocycles. The Hall–Kier alpha value is -3.88. The summed E-state index contributed by atoms with van der Waals surface area (Å²) in [5.74, 6) is -3.04. The quantitative estimate of drug-likeness (QED) is 0.654. The molecule has 0 atom stereocenters. The maximum atomic E-state index is 13.2. The number of nitrogens with zero attached hydrogens (tertiary/aromatic N) is 2. The predicted molar refractivity (Wildman–Crippen MR) is 97.4 cm³/mol. The SMILES string of the molecule is COC(=O)c1ccccc1Nc1ncc(C(=O)Nc2ccc(F)c(F)c2)cn1. The first-order valence-electron chi connectivity index (χ1n) is 8.00. The highest BCUT2D eigenvalue weighted by Gasteiger charge is 2.13. The van der Waals surface area contributed by atoms with E-state index in [1.54, 1.807) is 24.3 Å². The number of amides is 1. The minimum atomic E-state index is -1.07. The summed E-state index contributed by atoms with van der Waals surface area (Å²) >= 11 is 0. The van der Waals surface area contributed by atoms with Crippen LogP contribution in [0.2, 0.25) is 0 Å². The molecular formula is C19H14F2N4O3. The lowest BCUT2D eigenvalue weighted by molar-refractivity contribution is 0.0601. The number of nitrogens with one attached hydrogen (secondary N) is 2. The number of rotatable bonds is 5. The first-order valence-corrected chi connectivity index (χ1v) is 8.00. The van der Waals surface area contributed by atoms with Crippen LogP contribution in [-0.2, 0) is 4.74 Å². The first-order chi connectivity index (χ1) is 13.5. The predicted octanol–water partition coefficient (Wildman–Crippen LogP) is 3.54. The summed E-state index contributed by atoms with van der Waals surface area (Å²) in [4.78, 5) is 32.0. The van der Waals surface area contributed by atoms with Crippen molar-refractivity contribution in [3.63, 3.8) is 0 Å². The van der Waals surface area contributed by atoms with E-state index in [-0.39, 0.29) is 17.2 Å². The second-order valence-electron chi connectivity index (χ2n) is 5.54. The summed E-state index contributed by atoms with van der Waals surface area (Å²) in [7, 11) is 1.27. The number of hydrogen-bond acceptors (Lipinski definition) is 6. The Morgan fingerprint density at radius 1 is 1.00 bits per heavy atom. The molecule has 0 radical (unpaired) electrons. The van der Waals surface area contributed by atoms with Gasteiger partial charge in [-0.2, -0.15) is 0 Å². The molecule has 142 valence electrons. The Morgan fingerprint density at radius 2 is 1.71 bits per heavy atom. The molecule has 3 aromatic rings. The van der Waals surface area contributed by atoms with Crippen LogP contribution in [0.4, 0.5) is 26.1 Å². The van der Waals surface area contributed by atoms with Gasteiger partial charge in [-0.1, -0.05) is 12.1 Å². The molecule has 9 heteroatoms. The molecule has 0 aliphatic heterocycles. The van der Waals surface area contributed by atoms with E-state index in [2.05, 4.69) is 20.6 Å². The van der Waals surface area contributed by atoms with Crippen molar-refractivity contribution in [1.82, 2.24) is 9.97 Å². The fourth-order valence-electron chi connectivity index (χ4n) is 2.29. The van der Waals surface area contributed by atoms with Crippen molar-refractivity contribution >= 4 is 29.2 Å². The molecule has 1 aromatic heterocycles. The molecule has 1 heterocycles. The van der Waals surface area contributed by atoms with Crippen molar-refractivity contribution in [3.05, 3.63) is 77.6 Å². The molecule has 7 nitrogen and oxygen atoms in total. The maximum absolute atomic E-state index is 13.2. The van der Waals surface area contributed by atoms with Gasteiger partial charge in [-0.25, -0.2) is 23.5 Å². The van der Waals surface area contributed by atoms with Gasteiger partial charge in [0.1, 0.15) is 0 Å². The van der Waals surface area contributed by atoms with E-state index in [1.807, 2.05) is 0 Å². The number of para-hydroxylation sites is 1. The van der Waals surface area contributed by atoms with Gasteiger partial charge >= 0.3 is 5.97 Å². The maximum Gasteiger partial charge on any atom is 0.339 e. The first kappa shape index (κ1) is 18.9. The van der Waals surface area contributed by atoms with E-state index in [4.69, 9.17) is 4.74 Å². The molecular weight excluding hydrogens is 370 g/mol. The Balaban J connectivity index is 1.72. The lowest BCUT2D eigenvalue weighted by atomic mass is 10.2. The van der Waals surface area contributed by atoms with E-state index in [0.717, 1.165) is 12.1 Å². The van der Waals surface area contributed by atoms with Gasteiger partial charge in [-0.05, 0) is 24.3 Å². The summed E-state index contributed by atoms with van der Waals surface area (Å²) in [6.07, 6.45) is 2.51. The number of halogens is 2. The van der Waals surface area contributed by atoms with Crippen molar-refractivity contribution < 1.29 is 23.1 Å². The number of methoxy groups -OCH3 is 1. The van der Waals surface area contributed by atoms with Crippen molar-refractivity contribution in [1.29, 1.82) is 0 Å². The number of anilines is 3. The third-order valence-corrected chi connectivity index (χ3v) is 3.67. The van der Waals surface area contributed by atoms with Gasteiger partial charge in [0.15, 0.2) is 11.6 Å². The number of esters is 1. The molecule has 2 aromatic carbocycles. The third-order valence-electron chi connectivity index (χ3n) is 3.67. The topological polar surface area (TPSA) is 93.2 Å². The van der Waals surface area contributed by atoms with Crippen LogP contribution in [0.15, 0.2) is 54.9 Å². The van der Waals surface area contributed by atoms with Gasteiger partial charge < -0.3 is 15.4 Å². The van der Waals surface area contributed by atoms with Crippen molar-refractivity contribution in [2.24, 2.45) is 0 Å². The van der Waals surface area contributed by atoms with Gasteiger partial charge in [0.25, 0.3) is 5.91 Å². The molecule has 1 amide bonds. The third kappa shape index (κ3) is 4.26. The van der Waals surface area contributed by atoms with Crippen LogP contribution < -0.4 is 10.6 Å². The lowest BCUT2D eigenvalue weighted by Gasteiger charge is -2.10. The summed E-state index contributed by atoms with van der Waals surface area (Å²) < 4.78 is 30.9.